The zero-order valence-electron chi connectivity index (χ0n) is 12.3. The van der Waals surface area contributed by atoms with Gasteiger partial charge in [0.1, 0.15) is 0 Å². The fourth-order valence-electron chi connectivity index (χ4n) is 1.81. The van der Waals surface area contributed by atoms with Crippen LogP contribution < -0.4 is 4.72 Å². The number of rotatable bonds is 8. The lowest BCUT2D eigenvalue weighted by molar-refractivity contribution is -0.129. The van der Waals surface area contributed by atoms with Crippen molar-refractivity contribution in [3.63, 3.8) is 0 Å². The highest BCUT2D eigenvalue weighted by Crippen LogP contribution is 2.11. The molecule has 1 amide bonds. The molecule has 0 radical (unpaired) electrons. The third-order valence-electron chi connectivity index (χ3n) is 3.01. The lowest BCUT2D eigenvalue weighted by Crippen LogP contribution is -2.35. The van der Waals surface area contributed by atoms with Gasteiger partial charge >= 0.3 is 0 Å². The molecule has 0 heterocycles. The van der Waals surface area contributed by atoms with Crippen LogP contribution in [-0.2, 0) is 21.2 Å². The third kappa shape index (κ3) is 8.04. The van der Waals surface area contributed by atoms with E-state index in [1.807, 2.05) is 24.3 Å². The number of nitrogens with zero attached hydrogens (tertiary/aromatic N) is 1. The predicted molar refractivity (Wildman–Crippen MR) is 84.9 cm³/mol. The molecule has 1 aromatic rings. The molecule has 118 valence electrons. The summed E-state index contributed by atoms with van der Waals surface area (Å²) in [4.78, 5) is 13.4. The Kier molecular flexibility index (Phi) is 7.14. The lowest BCUT2D eigenvalue weighted by atomic mass is 10.1. The van der Waals surface area contributed by atoms with Gasteiger partial charge in [0.25, 0.3) is 0 Å². The fourth-order valence-corrected chi connectivity index (χ4v) is 2.40. The minimum Gasteiger partial charge on any atom is -0.344 e. The van der Waals surface area contributed by atoms with Gasteiger partial charge in [0.2, 0.25) is 15.9 Å². The van der Waals surface area contributed by atoms with Gasteiger partial charge < -0.3 is 4.90 Å². The van der Waals surface area contributed by atoms with Gasteiger partial charge in [-0.15, -0.1) is 0 Å². The van der Waals surface area contributed by atoms with Crippen LogP contribution in [0.4, 0.5) is 0 Å². The van der Waals surface area contributed by atoms with Crippen LogP contribution >= 0.6 is 11.6 Å². The van der Waals surface area contributed by atoms with E-state index in [1.165, 1.54) is 0 Å². The van der Waals surface area contributed by atoms with Crippen molar-refractivity contribution in [3.8, 4) is 0 Å². The van der Waals surface area contributed by atoms with E-state index >= 15 is 0 Å². The number of carbonyl (C=O) groups excluding carboxylic acids is 1. The highest BCUT2D eigenvalue weighted by Gasteiger charge is 2.09. The van der Waals surface area contributed by atoms with Crippen LogP contribution in [-0.4, -0.2) is 45.6 Å². The van der Waals surface area contributed by atoms with Gasteiger partial charge in [-0.2, -0.15) is 0 Å². The van der Waals surface area contributed by atoms with Crippen LogP contribution in [0.2, 0.25) is 5.02 Å². The molecule has 1 aromatic carbocycles. The summed E-state index contributed by atoms with van der Waals surface area (Å²) in [7, 11) is -1.53. The number of hydrogen-bond acceptors (Lipinski definition) is 3. The minimum absolute atomic E-state index is 0.0132. The molecule has 0 atom stereocenters. The van der Waals surface area contributed by atoms with E-state index in [-0.39, 0.29) is 12.5 Å². The van der Waals surface area contributed by atoms with Crippen LogP contribution in [0.3, 0.4) is 0 Å². The molecule has 0 aliphatic heterocycles. The number of hydrogen-bond donors (Lipinski definition) is 1. The molecule has 0 spiro atoms. The monoisotopic (exact) mass is 332 g/mol. The van der Waals surface area contributed by atoms with Gasteiger partial charge in [0.15, 0.2) is 0 Å². The molecular formula is C14H21ClN2O3S. The van der Waals surface area contributed by atoms with Crippen LogP contribution in [0.15, 0.2) is 24.3 Å². The summed E-state index contributed by atoms with van der Waals surface area (Å²) in [6.07, 6.45) is 3.11. The summed E-state index contributed by atoms with van der Waals surface area (Å²) in [5, 5.41) is 0.702. The Bertz CT molecular complexity index is 558. The van der Waals surface area contributed by atoms with Gasteiger partial charge in [0.05, 0.1) is 6.26 Å². The Morgan fingerprint density at radius 3 is 2.48 bits per heavy atom. The molecular weight excluding hydrogens is 312 g/mol. The maximum atomic E-state index is 11.9. The van der Waals surface area contributed by atoms with Gasteiger partial charge in [-0.05, 0) is 30.5 Å². The van der Waals surface area contributed by atoms with Crippen molar-refractivity contribution in [2.24, 2.45) is 0 Å². The molecule has 21 heavy (non-hydrogen) atoms. The Hall–Kier alpha value is -1.11. The molecule has 0 aliphatic carbocycles. The smallest absolute Gasteiger partial charge is 0.222 e. The van der Waals surface area contributed by atoms with E-state index in [9.17, 15) is 13.2 Å². The van der Waals surface area contributed by atoms with Gasteiger partial charge in [-0.25, -0.2) is 13.1 Å². The number of carbonyl (C=O) groups is 1. The van der Waals surface area contributed by atoms with Crippen LogP contribution in [0.5, 0.6) is 0 Å². The molecule has 0 fully saturated rings. The molecule has 0 unspecified atom stereocenters. The maximum Gasteiger partial charge on any atom is 0.222 e. The summed E-state index contributed by atoms with van der Waals surface area (Å²) in [6, 6.07) is 7.57. The van der Waals surface area contributed by atoms with E-state index in [0.717, 1.165) is 24.7 Å². The van der Waals surface area contributed by atoms with Crippen molar-refractivity contribution in [1.82, 2.24) is 9.62 Å². The third-order valence-corrected chi connectivity index (χ3v) is 3.99. The quantitative estimate of drug-likeness (QED) is 0.787. The van der Waals surface area contributed by atoms with E-state index in [1.54, 1.807) is 11.9 Å². The van der Waals surface area contributed by atoms with E-state index in [2.05, 4.69) is 4.72 Å². The number of amides is 1. The van der Waals surface area contributed by atoms with Crippen molar-refractivity contribution in [3.05, 3.63) is 34.9 Å². The van der Waals surface area contributed by atoms with Crippen LogP contribution in [0, 0.1) is 0 Å². The first-order valence-electron chi connectivity index (χ1n) is 6.71. The summed E-state index contributed by atoms with van der Waals surface area (Å²) < 4.78 is 24.2. The maximum absolute atomic E-state index is 11.9. The number of sulfonamides is 1. The highest BCUT2D eigenvalue weighted by molar-refractivity contribution is 7.88. The Morgan fingerprint density at radius 2 is 1.90 bits per heavy atom. The highest BCUT2D eigenvalue weighted by atomic mass is 35.5. The molecule has 0 bridgehead atoms. The van der Waals surface area contributed by atoms with Crippen LogP contribution in [0.1, 0.15) is 18.4 Å². The fraction of sp³-hybridized carbons (Fsp3) is 0.500. The van der Waals surface area contributed by atoms with Gasteiger partial charge in [-0.3, -0.25) is 4.79 Å². The average Bonchev–Trinajstić information content (AvgIpc) is 2.39. The average molecular weight is 333 g/mol. The number of halogens is 1. The number of benzene rings is 1. The summed E-state index contributed by atoms with van der Waals surface area (Å²) >= 11 is 5.81. The summed E-state index contributed by atoms with van der Waals surface area (Å²) in [5.41, 5.74) is 1.15. The van der Waals surface area contributed by atoms with Crippen molar-refractivity contribution < 1.29 is 13.2 Å². The molecule has 1 rings (SSSR count). The van der Waals surface area contributed by atoms with Gasteiger partial charge in [0, 0.05) is 31.6 Å². The van der Waals surface area contributed by atoms with Gasteiger partial charge in [-0.1, -0.05) is 23.7 Å². The number of aryl methyl sites for hydroxylation is 1. The largest absolute Gasteiger partial charge is 0.344 e. The second kappa shape index (κ2) is 8.36. The van der Waals surface area contributed by atoms with E-state index in [4.69, 9.17) is 11.6 Å². The molecule has 0 aliphatic rings. The van der Waals surface area contributed by atoms with Crippen molar-refractivity contribution in [2.75, 3.05) is 26.4 Å². The Labute approximate surface area is 131 Å². The summed E-state index contributed by atoms with van der Waals surface area (Å²) in [6.45, 7) is 0.602. The molecule has 0 aromatic heterocycles. The topological polar surface area (TPSA) is 66.5 Å². The molecule has 5 nitrogen and oxygen atoms in total. The molecule has 0 saturated heterocycles. The Morgan fingerprint density at radius 1 is 1.29 bits per heavy atom. The number of nitrogens with one attached hydrogen (secondary N) is 1. The normalized spacial score (nSPS) is 11.4. The SMILES string of the molecule is CN(CCNS(C)(=O)=O)C(=O)CCCc1ccc(Cl)cc1. The predicted octanol–water partition coefficient (Wildman–Crippen LogP) is 1.67. The van der Waals surface area contributed by atoms with Crippen LogP contribution in [0.25, 0.3) is 0 Å². The first-order chi connectivity index (χ1) is 9.78. The Balaban J connectivity index is 2.25. The summed E-state index contributed by atoms with van der Waals surface area (Å²) in [5.74, 6) is 0.0132. The first-order valence-corrected chi connectivity index (χ1v) is 8.98. The molecule has 0 saturated carbocycles. The molecule has 1 N–H and O–H groups in total. The number of likely N-dealkylation sites (N-methyl/N-ethyl adjacent to an activating group) is 1. The van der Waals surface area contributed by atoms with Crippen molar-refractivity contribution in [2.45, 2.75) is 19.3 Å². The zero-order chi connectivity index (χ0) is 15.9. The first kappa shape index (κ1) is 17.9. The van der Waals surface area contributed by atoms with Crippen molar-refractivity contribution in [1.29, 1.82) is 0 Å². The zero-order valence-corrected chi connectivity index (χ0v) is 13.9. The second-order valence-electron chi connectivity index (χ2n) is 4.96. The van der Waals surface area contributed by atoms with E-state index < -0.39 is 10.0 Å². The van der Waals surface area contributed by atoms with E-state index in [0.29, 0.717) is 18.0 Å². The second-order valence-corrected chi connectivity index (χ2v) is 7.23. The lowest BCUT2D eigenvalue weighted by Gasteiger charge is -2.17. The minimum atomic E-state index is -3.20. The standard InChI is InChI=1S/C14H21ClN2O3S/c1-17(11-10-16-21(2,19)20)14(18)5-3-4-12-6-8-13(15)9-7-12/h6-9,16H,3-5,10-11H2,1-2H3. The molecule has 7 heteroatoms. The van der Waals surface area contributed by atoms with Crippen molar-refractivity contribution >= 4 is 27.5 Å².